The summed E-state index contributed by atoms with van der Waals surface area (Å²) in [6, 6.07) is 4.22. The molecule has 6 rings (SSSR count). The zero-order chi connectivity index (χ0) is 18.2. The second kappa shape index (κ2) is 7.31. The van der Waals surface area contributed by atoms with E-state index in [0.717, 1.165) is 36.5 Å². The Hall–Kier alpha value is -1.80. The predicted octanol–water partition coefficient (Wildman–Crippen LogP) is 2.64. The van der Waals surface area contributed by atoms with E-state index in [-0.39, 0.29) is 5.91 Å². The number of hydrogen-bond acceptors (Lipinski definition) is 6. The molecule has 7 nitrogen and oxygen atoms in total. The summed E-state index contributed by atoms with van der Waals surface area (Å²) in [5.74, 6) is 3.41. The van der Waals surface area contributed by atoms with Gasteiger partial charge in [-0.1, -0.05) is 11.8 Å². The fourth-order valence-electron chi connectivity index (χ4n) is 4.33. The lowest BCUT2D eigenvalue weighted by Gasteiger charge is -2.36. The molecular formula is C19H25N5O2S. The molecule has 0 spiro atoms. The molecule has 3 saturated heterocycles. The number of H-pyrrole nitrogens is 1. The van der Waals surface area contributed by atoms with Gasteiger partial charge in [-0.15, -0.1) is 0 Å². The fourth-order valence-corrected chi connectivity index (χ4v) is 5.00. The first kappa shape index (κ1) is 17.3. The van der Waals surface area contributed by atoms with E-state index in [1.54, 1.807) is 0 Å². The molecule has 2 aromatic heterocycles. The number of carbonyl (C=O) groups is 1. The number of aromatic nitrogens is 3. The zero-order valence-corrected chi connectivity index (χ0v) is 16.2. The van der Waals surface area contributed by atoms with Gasteiger partial charge in [0, 0.05) is 32.2 Å². The van der Waals surface area contributed by atoms with Crippen molar-refractivity contribution in [3.8, 4) is 0 Å². The lowest BCUT2D eigenvalue weighted by atomic mass is 9.95. The van der Waals surface area contributed by atoms with Crippen molar-refractivity contribution in [3.63, 3.8) is 0 Å². The van der Waals surface area contributed by atoms with Gasteiger partial charge in [0.1, 0.15) is 12.1 Å². The molecule has 8 heteroatoms. The van der Waals surface area contributed by atoms with Gasteiger partial charge in [0.15, 0.2) is 10.9 Å². The normalized spacial score (nSPS) is 25.7. The molecule has 27 heavy (non-hydrogen) atoms. The van der Waals surface area contributed by atoms with E-state index in [4.69, 9.17) is 4.42 Å². The lowest BCUT2D eigenvalue weighted by Crippen LogP contribution is -2.45. The molecular weight excluding hydrogens is 362 g/mol. The second-order valence-electron chi connectivity index (χ2n) is 8.05. The third-order valence-electron chi connectivity index (χ3n) is 5.92. The number of fused-ring (bicyclic) bond motifs is 4. The van der Waals surface area contributed by atoms with Gasteiger partial charge in [0.25, 0.3) is 5.91 Å². The number of rotatable bonds is 6. The summed E-state index contributed by atoms with van der Waals surface area (Å²) in [6.07, 6.45) is 6.72. The number of nitrogens with zero attached hydrogens (tertiary/aromatic N) is 4. The van der Waals surface area contributed by atoms with Crippen LogP contribution in [0.4, 0.5) is 0 Å². The molecule has 0 radical (unpaired) electrons. The van der Waals surface area contributed by atoms with Crippen LogP contribution in [0.1, 0.15) is 42.0 Å². The van der Waals surface area contributed by atoms with Crippen LogP contribution < -0.4 is 0 Å². The van der Waals surface area contributed by atoms with Gasteiger partial charge in [0.2, 0.25) is 0 Å². The molecule has 4 aliphatic rings. The fraction of sp³-hybridized carbons (Fsp3) is 0.632. The molecule has 1 aliphatic carbocycles. The van der Waals surface area contributed by atoms with Gasteiger partial charge >= 0.3 is 0 Å². The van der Waals surface area contributed by atoms with Crippen molar-refractivity contribution in [2.24, 2.45) is 11.8 Å². The Morgan fingerprint density at radius 3 is 2.96 bits per heavy atom. The summed E-state index contributed by atoms with van der Waals surface area (Å²) < 4.78 is 5.84. The number of nitrogens with one attached hydrogen (secondary N) is 1. The molecule has 3 aliphatic heterocycles. The van der Waals surface area contributed by atoms with E-state index in [1.807, 2.05) is 17.0 Å². The van der Waals surface area contributed by atoms with Crippen molar-refractivity contribution in [1.29, 1.82) is 0 Å². The number of furan rings is 1. The monoisotopic (exact) mass is 387 g/mol. The molecule has 0 aromatic carbocycles. The van der Waals surface area contributed by atoms with Crippen LogP contribution >= 0.6 is 11.8 Å². The molecule has 2 aromatic rings. The smallest absolute Gasteiger partial charge is 0.289 e. The SMILES string of the molecule is O=C(c1ccc(CSc2ncn[nH]2)o1)N1C[C@@H]2CC[C@H](C1)N(CC1CC1)C2. The Balaban J connectivity index is 1.23. The summed E-state index contributed by atoms with van der Waals surface area (Å²) in [7, 11) is 0. The van der Waals surface area contributed by atoms with Crippen LogP contribution in [0, 0.1) is 11.8 Å². The standard InChI is InChI=1S/C19H25N5O2S/c25-18(17-6-5-16(26-17)11-27-19-20-12-21-22-19)24-9-14-3-4-15(10-24)23(8-14)7-13-1-2-13/h5-6,12-15H,1-4,7-11H2,(H,20,21,22)/t14-,15-/m1/s1. The van der Waals surface area contributed by atoms with Gasteiger partial charge in [0.05, 0.1) is 5.75 Å². The minimum atomic E-state index is 0.0380. The van der Waals surface area contributed by atoms with E-state index in [9.17, 15) is 4.79 Å². The van der Waals surface area contributed by atoms with E-state index in [0.29, 0.717) is 23.5 Å². The van der Waals surface area contributed by atoms with Crippen LogP contribution in [0.25, 0.3) is 0 Å². The Morgan fingerprint density at radius 1 is 1.22 bits per heavy atom. The van der Waals surface area contributed by atoms with E-state index in [1.165, 1.54) is 50.3 Å². The van der Waals surface area contributed by atoms with Crippen molar-refractivity contribution in [2.75, 3.05) is 26.2 Å². The summed E-state index contributed by atoms with van der Waals surface area (Å²) >= 11 is 1.51. The molecule has 4 fully saturated rings. The molecule has 2 bridgehead atoms. The van der Waals surface area contributed by atoms with E-state index in [2.05, 4.69) is 20.1 Å². The summed E-state index contributed by atoms with van der Waals surface area (Å²) in [6.45, 7) is 4.08. The predicted molar refractivity (Wildman–Crippen MR) is 101 cm³/mol. The topological polar surface area (TPSA) is 78.3 Å². The Labute approximate surface area is 162 Å². The van der Waals surface area contributed by atoms with Crippen LogP contribution in [-0.4, -0.2) is 63.1 Å². The Bertz CT molecular complexity index is 788. The summed E-state index contributed by atoms with van der Waals surface area (Å²) in [5, 5.41) is 7.40. The van der Waals surface area contributed by atoms with Gasteiger partial charge in [-0.05, 0) is 49.7 Å². The quantitative estimate of drug-likeness (QED) is 0.768. The van der Waals surface area contributed by atoms with Gasteiger partial charge < -0.3 is 9.32 Å². The number of thioether (sulfide) groups is 1. The molecule has 1 N–H and O–H groups in total. The molecule has 2 atom stereocenters. The van der Waals surface area contributed by atoms with Crippen molar-refractivity contribution < 1.29 is 9.21 Å². The zero-order valence-electron chi connectivity index (χ0n) is 15.3. The highest BCUT2D eigenvalue weighted by Gasteiger charge is 2.39. The van der Waals surface area contributed by atoms with Gasteiger partial charge in [-0.3, -0.25) is 14.8 Å². The highest BCUT2D eigenvalue weighted by atomic mass is 32.2. The van der Waals surface area contributed by atoms with Crippen molar-refractivity contribution in [2.45, 2.75) is 42.6 Å². The average Bonchev–Trinajstić information content (AvgIpc) is 3.23. The first-order valence-electron chi connectivity index (χ1n) is 9.85. The average molecular weight is 388 g/mol. The van der Waals surface area contributed by atoms with Crippen LogP contribution in [0.5, 0.6) is 0 Å². The van der Waals surface area contributed by atoms with Crippen molar-refractivity contribution in [3.05, 3.63) is 30.0 Å². The second-order valence-corrected chi connectivity index (χ2v) is 9.01. The third kappa shape index (κ3) is 3.91. The van der Waals surface area contributed by atoms with Crippen LogP contribution in [-0.2, 0) is 5.75 Å². The highest BCUT2D eigenvalue weighted by Crippen LogP contribution is 2.35. The van der Waals surface area contributed by atoms with Crippen LogP contribution in [0.3, 0.4) is 0 Å². The highest BCUT2D eigenvalue weighted by molar-refractivity contribution is 7.98. The molecule has 1 amide bonds. The maximum atomic E-state index is 13.0. The van der Waals surface area contributed by atoms with E-state index < -0.39 is 0 Å². The molecule has 1 saturated carbocycles. The first-order valence-corrected chi connectivity index (χ1v) is 10.8. The maximum Gasteiger partial charge on any atom is 0.289 e. The minimum absolute atomic E-state index is 0.0380. The Kier molecular flexibility index (Phi) is 4.69. The molecule has 144 valence electrons. The minimum Gasteiger partial charge on any atom is -0.455 e. The summed E-state index contributed by atoms with van der Waals surface area (Å²) in [5.41, 5.74) is 0. The van der Waals surface area contributed by atoms with Crippen LogP contribution in [0.15, 0.2) is 28.0 Å². The van der Waals surface area contributed by atoms with Crippen molar-refractivity contribution >= 4 is 17.7 Å². The van der Waals surface area contributed by atoms with Gasteiger partial charge in [-0.25, -0.2) is 4.98 Å². The third-order valence-corrected chi connectivity index (χ3v) is 6.82. The van der Waals surface area contributed by atoms with Crippen molar-refractivity contribution in [1.82, 2.24) is 25.0 Å². The molecule has 5 heterocycles. The lowest BCUT2D eigenvalue weighted by molar-refractivity contribution is 0.0703. The number of carbonyl (C=O) groups excluding carboxylic acids is 1. The number of amides is 1. The largest absolute Gasteiger partial charge is 0.455 e. The molecule has 0 unspecified atom stereocenters. The van der Waals surface area contributed by atoms with E-state index >= 15 is 0 Å². The van der Waals surface area contributed by atoms with Crippen LogP contribution in [0.2, 0.25) is 0 Å². The Morgan fingerprint density at radius 2 is 2.15 bits per heavy atom. The van der Waals surface area contributed by atoms with Gasteiger partial charge in [-0.2, -0.15) is 5.10 Å². The maximum absolute atomic E-state index is 13.0. The number of hydrogen-bond donors (Lipinski definition) is 1. The summed E-state index contributed by atoms with van der Waals surface area (Å²) in [4.78, 5) is 21.8. The number of aromatic amines is 1. The first-order chi connectivity index (χ1) is 13.2. The number of piperidine rings is 1.